The minimum Gasteiger partial charge on any atom is -0.504 e. The molecule has 0 bridgehead atoms. The van der Waals surface area contributed by atoms with Gasteiger partial charge >= 0.3 is 0 Å². The molecule has 2 aromatic carbocycles. The van der Waals surface area contributed by atoms with Crippen LogP contribution in [-0.2, 0) is 0 Å². The van der Waals surface area contributed by atoms with E-state index in [2.05, 4.69) is 6.07 Å². The van der Waals surface area contributed by atoms with E-state index in [1.165, 1.54) is 25.3 Å². The van der Waals surface area contributed by atoms with Gasteiger partial charge in [0.1, 0.15) is 5.82 Å². The van der Waals surface area contributed by atoms with Crippen LogP contribution < -0.4 is 9.47 Å². The van der Waals surface area contributed by atoms with Crippen molar-refractivity contribution in [3.8, 4) is 17.2 Å². The van der Waals surface area contributed by atoms with Crippen LogP contribution in [0.15, 0.2) is 30.3 Å². The van der Waals surface area contributed by atoms with E-state index in [4.69, 9.17) is 21.1 Å². The molecule has 0 aliphatic heterocycles. The van der Waals surface area contributed by atoms with E-state index in [0.717, 1.165) is 5.56 Å². The van der Waals surface area contributed by atoms with Crippen molar-refractivity contribution in [3.63, 3.8) is 0 Å². The SMILES string of the molecule is COc1cc(Cl)[c]c(O)c1OCCC(C)c1ccc(F)cc1. The fourth-order valence-electron chi connectivity index (χ4n) is 2.09. The van der Waals surface area contributed by atoms with E-state index in [9.17, 15) is 9.50 Å². The molecule has 5 heteroatoms. The van der Waals surface area contributed by atoms with Gasteiger partial charge in [0.15, 0.2) is 11.5 Å². The molecule has 0 amide bonds. The van der Waals surface area contributed by atoms with Crippen LogP contribution in [0.25, 0.3) is 0 Å². The molecule has 0 fully saturated rings. The van der Waals surface area contributed by atoms with Gasteiger partial charge in [0.25, 0.3) is 0 Å². The molecule has 1 radical (unpaired) electrons. The Morgan fingerprint density at radius 1 is 1.32 bits per heavy atom. The molecule has 0 saturated heterocycles. The van der Waals surface area contributed by atoms with Crippen LogP contribution in [0.3, 0.4) is 0 Å². The number of rotatable bonds is 6. The summed E-state index contributed by atoms with van der Waals surface area (Å²) in [5, 5.41) is 10.1. The molecule has 22 heavy (non-hydrogen) atoms. The minimum absolute atomic E-state index is 0.182. The van der Waals surface area contributed by atoms with Crippen LogP contribution in [0.5, 0.6) is 17.2 Å². The molecule has 0 heterocycles. The van der Waals surface area contributed by atoms with Crippen molar-refractivity contribution >= 4 is 11.6 Å². The van der Waals surface area contributed by atoms with Gasteiger partial charge in [-0.3, -0.25) is 0 Å². The summed E-state index contributed by atoms with van der Waals surface area (Å²) in [6, 6.07) is 10.5. The van der Waals surface area contributed by atoms with Crippen molar-refractivity contribution in [2.45, 2.75) is 19.3 Å². The van der Waals surface area contributed by atoms with Crippen LogP contribution in [-0.4, -0.2) is 18.8 Å². The second kappa shape index (κ2) is 7.36. The quantitative estimate of drug-likeness (QED) is 0.846. The van der Waals surface area contributed by atoms with Gasteiger partial charge in [-0.1, -0.05) is 30.7 Å². The van der Waals surface area contributed by atoms with Crippen molar-refractivity contribution in [1.29, 1.82) is 0 Å². The third kappa shape index (κ3) is 4.04. The van der Waals surface area contributed by atoms with Crippen LogP contribution in [0.2, 0.25) is 5.02 Å². The number of phenols is 1. The predicted octanol–water partition coefficient (Wildman–Crippen LogP) is 4.57. The van der Waals surface area contributed by atoms with Crippen LogP contribution >= 0.6 is 11.6 Å². The maximum atomic E-state index is 12.9. The molecule has 2 rings (SSSR count). The lowest BCUT2D eigenvalue weighted by Gasteiger charge is -2.15. The molecule has 0 spiro atoms. The van der Waals surface area contributed by atoms with Crippen LogP contribution in [0.4, 0.5) is 4.39 Å². The maximum Gasteiger partial charge on any atom is 0.204 e. The minimum atomic E-state index is -0.251. The highest BCUT2D eigenvalue weighted by Crippen LogP contribution is 2.39. The standard InChI is InChI=1S/C17H17ClFO3/c1-11(12-3-5-14(19)6-4-12)7-8-22-17-15(20)9-13(18)10-16(17)21-2/h3-6,10-11,20H,7-8H2,1-2H3. The number of hydrogen-bond donors (Lipinski definition) is 1. The van der Waals surface area contributed by atoms with Gasteiger partial charge in [-0.2, -0.15) is 0 Å². The van der Waals surface area contributed by atoms with E-state index in [-0.39, 0.29) is 28.3 Å². The van der Waals surface area contributed by atoms with Crippen LogP contribution in [0.1, 0.15) is 24.8 Å². The first-order chi connectivity index (χ1) is 10.5. The van der Waals surface area contributed by atoms with Crippen molar-refractivity contribution in [3.05, 3.63) is 52.8 Å². The van der Waals surface area contributed by atoms with Gasteiger partial charge in [-0.15, -0.1) is 0 Å². The van der Waals surface area contributed by atoms with E-state index >= 15 is 0 Å². The molecule has 0 aromatic heterocycles. The van der Waals surface area contributed by atoms with Gasteiger partial charge in [-0.25, -0.2) is 4.39 Å². The molecular weight excluding hydrogens is 307 g/mol. The molecule has 0 saturated carbocycles. The number of hydrogen-bond acceptors (Lipinski definition) is 3. The molecule has 1 atom stereocenters. The van der Waals surface area contributed by atoms with Crippen LogP contribution in [0, 0.1) is 11.9 Å². The molecule has 0 aliphatic carbocycles. The number of benzene rings is 2. The van der Waals surface area contributed by atoms with E-state index in [1.807, 2.05) is 6.92 Å². The first kappa shape index (κ1) is 16.4. The predicted molar refractivity (Wildman–Crippen MR) is 83.4 cm³/mol. The average molecular weight is 324 g/mol. The second-order valence-electron chi connectivity index (χ2n) is 4.95. The monoisotopic (exact) mass is 323 g/mol. The second-order valence-corrected chi connectivity index (χ2v) is 5.36. The fourth-order valence-corrected chi connectivity index (χ4v) is 2.28. The number of phenolic OH excluding ortho intramolecular Hbond substituents is 1. The molecule has 2 aromatic rings. The molecule has 1 unspecified atom stereocenters. The van der Waals surface area contributed by atoms with Gasteiger partial charge in [0, 0.05) is 6.07 Å². The Labute approximate surface area is 134 Å². The lowest BCUT2D eigenvalue weighted by atomic mass is 9.98. The molecule has 0 aliphatic rings. The average Bonchev–Trinajstić information content (AvgIpc) is 2.49. The Bertz CT molecular complexity index is 629. The number of halogens is 2. The summed E-state index contributed by atoms with van der Waals surface area (Å²) in [6.45, 7) is 2.40. The summed E-state index contributed by atoms with van der Waals surface area (Å²) in [6.07, 6.45) is 0.705. The molecular formula is C17H17ClFO3. The highest BCUT2D eigenvalue weighted by Gasteiger charge is 2.14. The summed E-state index contributed by atoms with van der Waals surface area (Å²) < 4.78 is 23.6. The maximum absolute atomic E-state index is 12.9. The van der Waals surface area contributed by atoms with Gasteiger partial charge < -0.3 is 14.6 Å². The fraction of sp³-hybridized carbons (Fsp3) is 0.294. The van der Waals surface area contributed by atoms with E-state index in [1.54, 1.807) is 12.1 Å². The lowest BCUT2D eigenvalue weighted by molar-refractivity contribution is 0.267. The van der Waals surface area contributed by atoms with Crippen molar-refractivity contribution in [1.82, 2.24) is 0 Å². The molecule has 1 N–H and O–H groups in total. The smallest absolute Gasteiger partial charge is 0.204 e. The number of aromatic hydroxyl groups is 1. The first-order valence-corrected chi connectivity index (χ1v) is 7.26. The Kier molecular flexibility index (Phi) is 5.50. The van der Waals surface area contributed by atoms with E-state index < -0.39 is 0 Å². The number of methoxy groups -OCH3 is 1. The Hall–Kier alpha value is -1.94. The lowest BCUT2D eigenvalue weighted by Crippen LogP contribution is -2.04. The summed E-state index contributed by atoms with van der Waals surface area (Å²) in [7, 11) is 1.47. The third-order valence-corrected chi connectivity index (χ3v) is 3.59. The zero-order chi connectivity index (χ0) is 16.1. The van der Waals surface area contributed by atoms with Gasteiger partial charge in [-0.05, 0) is 30.0 Å². The molecule has 117 valence electrons. The first-order valence-electron chi connectivity index (χ1n) is 6.88. The topological polar surface area (TPSA) is 38.7 Å². The highest BCUT2D eigenvalue weighted by molar-refractivity contribution is 6.30. The largest absolute Gasteiger partial charge is 0.504 e. The number of ether oxygens (including phenoxy) is 2. The Morgan fingerprint density at radius 2 is 2.00 bits per heavy atom. The normalized spacial score (nSPS) is 12.0. The summed E-state index contributed by atoms with van der Waals surface area (Å²) in [4.78, 5) is 0. The van der Waals surface area contributed by atoms with Gasteiger partial charge in [0.05, 0.1) is 24.8 Å². The summed E-state index contributed by atoms with van der Waals surface area (Å²) >= 11 is 5.80. The van der Waals surface area contributed by atoms with E-state index in [0.29, 0.717) is 18.8 Å². The van der Waals surface area contributed by atoms with Crippen molar-refractivity contribution in [2.24, 2.45) is 0 Å². The van der Waals surface area contributed by atoms with Gasteiger partial charge in [0.2, 0.25) is 5.75 Å². The third-order valence-electron chi connectivity index (χ3n) is 3.39. The summed E-state index contributed by atoms with van der Waals surface area (Å²) in [5.74, 6) is 0.344. The zero-order valence-electron chi connectivity index (χ0n) is 12.4. The Balaban J connectivity index is 1.97. The summed E-state index contributed by atoms with van der Waals surface area (Å²) in [5.41, 5.74) is 1.03. The van der Waals surface area contributed by atoms with Crippen molar-refractivity contribution < 1.29 is 19.0 Å². The molecule has 3 nitrogen and oxygen atoms in total. The Morgan fingerprint density at radius 3 is 2.64 bits per heavy atom. The highest BCUT2D eigenvalue weighted by atomic mass is 35.5. The van der Waals surface area contributed by atoms with Crippen molar-refractivity contribution in [2.75, 3.05) is 13.7 Å². The zero-order valence-corrected chi connectivity index (χ0v) is 13.2.